The minimum Gasteiger partial charge on any atom is -0.497 e. The van der Waals surface area contributed by atoms with E-state index in [1.165, 1.54) is 0 Å². The highest BCUT2D eigenvalue weighted by Gasteiger charge is 2.21. The number of hydrogen-bond donors (Lipinski definition) is 3. The van der Waals surface area contributed by atoms with Gasteiger partial charge in [0, 0.05) is 36.7 Å². The number of hydrogen-bond acceptors (Lipinski definition) is 6. The van der Waals surface area contributed by atoms with E-state index in [1.54, 1.807) is 7.11 Å². The number of rotatable bonds is 4. The van der Waals surface area contributed by atoms with Gasteiger partial charge in [0.05, 0.1) is 18.7 Å². The number of anilines is 1. The van der Waals surface area contributed by atoms with E-state index in [2.05, 4.69) is 21.4 Å². The van der Waals surface area contributed by atoms with Crippen molar-refractivity contribution in [3.05, 3.63) is 29.8 Å². The quantitative estimate of drug-likeness (QED) is 0.577. The minimum absolute atomic E-state index is 0.225. The molecule has 0 amide bonds. The first-order valence-electron chi connectivity index (χ1n) is 7.04. The van der Waals surface area contributed by atoms with Crippen LogP contribution in [0.4, 0.5) is 5.82 Å². The molecular weight excluding hydrogens is 268 g/mol. The summed E-state index contributed by atoms with van der Waals surface area (Å²) >= 11 is 0. The van der Waals surface area contributed by atoms with Crippen LogP contribution < -0.4 is 16.0 Å². The zero-order valence-electron chi connectivity index (χ0n) is 12.0. The summed E-state index contributed by atoms with van der Waals surface area (Å²) in [5, 5.41) is 10.7. The first kappa shape index (κ1) is 14.1. The molecule has 112 valence electrons. The molecule has 1 aromatic heterocycles. The van der Waals surface area contributed by atoms with Crippen molar-refractivity contribution in [2.24, 2.45) is 5.84 Å². The molecule has 3 rings (SSSR count). The van der Waals surface area contributed by atoms with Gasteiger partial charge in [0.25, 0.3) is 0 Å². The van der Waals surface area contributed by atoms with E-state index in [-0.39, 0.29) is 6.10 Å². The number of nitrogen functional groups attached to an aromatic ring is 1. The number of hydrazine groups is 1. The van der Waals surface area contributed by atoms with E-state index < -0.39 is 0 Å². The second-order valence-electron chi connectivity index (χ2n) is 5.38. The van der Waals surface area contributed by atoms with Crippen molar-refractivity contribution in [2.75, 3.05) is 25.6 Å². The molecule has 1 unspecified atom stereocenters. The molecule has 0 bridgehead atoms. The lowest BCUT2D eigenvalue weighted by Gasteiger charge is -2.17. The Morgan fingerprint density at radius 1 is 1.48 bits per heavy atom. The summed E-state index contributed by atoms with van der Waals surface area (Å²) in [5.41, 5.74) is 4.54. The molecule has 21 heavy (non-hydrogen) atoms. The van der Waals surface area contributed by atoms with Crippen LogP contribution in [-0.4, -0.2) is 41.3 Å². The van der Waals surface area contributed by atoms with Crippen LogP contribution in [0, 0.1) is 0 Å². The lowest BCUT2D eigenvalue weighted by molar-refractivity contribution is 0.175. The third-order valence-electron chi connectivity index (χ3n) is 3.88. The number of ether oxygens (including phenoxy) is 1. The SMILES string of the molecule is COc1ccc2cc(CN3CCC(O)C3)c(NN)nc2c1. The smallest absolute Gasteiger partial charge is 0.145 e. The Kier molecular flexibility index (Phi) is 3.92. The molecule has 1 aliphatic rings. The van der Waals surface area contributed by atoms with Crippen molar-refractivity contribution < 1.29 is 9.84 Å². The van der Waals surface area contributed by atoms with Gasteiger partial charge in [-0.05, 0) is 24.6 Å². The predicted molar refractivity (Wildman–Crippen MR) is 82.0 cm³/mol. The average Bonchev–Trinajstić information content (AvgIpc) is 2.91. The van der Waals surface area contributed by atoms with E-state index >= 15 is 0 Å². The number of likely N-dealkylation sites (tertiary alicyclic amines) is 1. The lowest BCUT2D eigenvalue weighted by Crippen LogP contribution is -2.23. The summed E-state index contributed by atoms with van der Waals surface area (Å²) in [6.45, 7) is 2.32. The summed E-state index contributed by atoms with van der Waals surface area (Å²) in [5.74, 6) is 7.04. The Bertz CT molecular complexity index is 647. The second-order valence-corrected chi connectivity index (χ2v) is 5.38. The van der Waals surface area contributed by atoms with E-state index in [9.17, 15) is 5.11 Å². The summed E-state index contributed by atoms with van der Waals surface area (Å²) in [4.78, 5) is 6.76. The molecular formula is C15H20N4O2. The van der Waals surface area contributed by atoms with Gasteiger partial charge in [-0.25, -0.2) is 10.8 Å². The fraction of sp³-hybridized carbons (Fsp3) is 0.400. The van der Waals surface area contributed by atoms with Gasteiger partial charge in [-0.15, -0.1) is 0 Å². The molecule has 1 aliphatic heterocycles. The molecule has 0 radical (unpaired) electrons. The van der Waals surface area contributed by atoms with Gasteiger partial charge >= 0.3 is 0 Å². The normalized spacial score (nSPS) is 19.1. The van der Waals surface area contributed by atoms with Gasteiger partial charge in [0.1, 0.15) is 11.6 Å². The van der Waals surface area contributed by atoms with Gasteiger partial charge < -0.3 is 15.3 Å². The lowest BCUT2D eigenvalue weighted by atomic mass is 10.1. The highest BCUT2D eigenvalue weighted by atomic mass is 16.5. The number of fused-ring (bicyclic) bond motifs is 1. The number of nitrogens with two attached hydrogens (primary N) is 1. The number of methoxy groups -OCH3 is 1. The Morgan fingerprint density at radius 2 is 2.33 bits per heavy atom. The second kappa shape index (κ2) is 5.85. The molecule has 0 saturated carbocycles. The molecule has 6 heteroatoms. The molecule has 0 spiro atoms. The number of pyridine rings is 1. The van der Waals surface area contributed by atoms with Crippen LogP contribution in [0.2, 0.25) is 0 Å². The Hall–Kier alpha value is -1.89. The summed E-state index contributed by atoms with van der Waals surface area (Å²) in [6.07, 6.45) is 0.598. The maximum Gasteiger partial charge on any atom is 0.145 e. The predicted octanol–water partition coefficient (Wildman–Crippen LogP) is 1.10. The van der Waals surface area contributed by atoms with Crippen molar-refractivity contribution in [3.63, 3.8) is 0 Å². The molecule has 1 aromatic carbocycles. The molecule has 6 nitrogen and oxygen atoms in total. The molecule has 1 saturated heterocycles. The van der Waals surface area contributed by atoms with Gasteiger partial charge in [-0.2, -0.15) is 0 Å². The van der Waals surface area contributed by atoms with E-state index in [0.29, 0.717) is 12.4 Å². The van der Waals surface area contributed by atoms with Crippen LogP contribution in [0.3, 0.4) is 0 Å². The Labute approximate surface area is 123 Å². The van der Waals surface area contributed by atoms with Crippen LogP contribution >= 0.6 is 0 Å². The number of aromatic nitrogens is 1. The van der Waals surface area contributed by atoms with Crippen molar-refractivity contribution in [1.82, 2.24) is 9.88 Å². The third kappa shape index (κ3) is 2.92. The van der Waals surface area contributed by atoms with E-state index in [4.69, 9.17) is 10.6 Å². The van der Waals surface area contributed by atoms with Crippen LogP contribution in [0.5, 0.6) is 5.75 Å². The van der Waals surface area contributed by atoms with Crippen molar-refractivity contribution >= 4 is 16.7 Å². The zero-order chi connectivity index (χ0) is 14.8. The molecule has 2 heterocycles. The summed E-state index contributed by atoms with van der Waals surface area (Å²) in [7, 11) is 1.64. The molecule has 4 N–H and O–H groups in total. The molecule has 1 fully saturated rings. The monoisotopic (exact) mass is 288 g/mol. The van der Waals surface area contributed by atoms with Crippen LogP contribution in [0.1, 0.15) is 12.0 Å². The largest absolute Gasteiger partial charge is 0.497 e. The summed E-state index contributed by atoms with van der Waals surface area (Å²) < 4.78 is 5.22. The van der Waals surface area contributed by atoms with Gasteiger partial charge in [-0.1, -0.05) is 0 Å². The number of nitrogens with one attached hydrogen (secondary N) is 1. The van der Waals surface area contributed by atoms with Crippen molar-refractivity contribution in [2.45, 2.75) is 19.1 Å². The van der Waals surface area contributed by atoms with E-state index in [1.807, 2.05) is 18.2 Å². The minimum atomic E-state index is -0.225. The number of β-amino-alcohol motifs (C(OH)–C–C–N with tert-alkyl or cyclic N) is 1. The van der Waals surface area contributed by atoms with Crippen molar-refractivity contribution in [1.29, 1.82) is 0 Å². The molecule has 1 atom stereocenters. The maximum absolute atomic E-state index is 9.62. The zero-order valence-corrected chi connectivity index (χ0v) is 12.0. The Morgan fingerprint density at radius 3 is 3.00 bits per heavy atom. The standard InChI is InChI=1S/C15H20N4O2/c1-21-13-3-2-10-6-11(8-19-5-4-12(20)9-19)15(18-16)17-14(10)7-13/h2-3,6-7,12,20H,4-5,8-9,16H2,1H3,(H,17,18). The third-order valence-corrected chi connectivity index (χ3v) is 3.88. The molecule has 0 aliphatic carbocycles. The summed E-state index contributed by atoms with van der Waals surface area (Å²) in [6, 6.07) is 7.88. The number of nitrogens with zero attached hydrogens (tertiary/aromatic N) is 2. The molecule has 2 aromatic rings. The topological polar surface area (TPSA) is 83.6 Å². The fourth-order valence-corrected chi connectivity index (χ4v) is 2.76. The van der Waals surface area contributed by atoms with Crippen LogP contribution in [0.25, 0.3) is 10.9 Å². The first-order valence-corrected chi connectivity index (χ1v) is 7.04. The highest BCUT2D eigenvalue weighted by molar-refractivity contribution is 5.83. The number of aliphatic hydroxyl groups excluding tert-OH is 1. The fourth-order valence-electron chi connectivity index (χ4n) is 2.76. The Balaban J connectivity index is 1.93. The van der Waals surface area contributed by atoms with E-state index in [0.717, 1.165) is 41.7 Å². The van der Waals surface area contributed by atoms with Gasteiger partial charge in [0.15, 0.2) is 0 Å². The van der Waals surface area contributed by atoms with Gasteiger partial charge in [0.2, 0.25) is 0 Å². The first-order chi connectivity index (χ1) is 10.2. The van der Waals surface area contributed by atoms with Crippen LogP contribution in [0.15, 0.2) is 24.3 Å². The number of aliphatic hydroxyl groups is 1. The van der Waals surface area contributed by atoms with Gasteiger partial charge in [-0.3, -0.25) is 4.90 Å². The highest BCUT2D eigenvalue weighted by Crippen LogP contribution is 2.25. The average molecular weight is 288 g/mol. The van der Waals surface area contributed by atoms with Crippen molar-refractivity contribution in [3.8, 4) is 5.75 Å². The van der Waals surface area contributed by atoms with Crippen LogP contribution in [-0.2, 0) is 6.54 Å². The number of benzene rings is 1. The maximum atomic E-state index is 9.62.